The van der Waals surface area contributed by atoms with E-state index in [1.807, 2.05) is 47.0 Å². The van der Waals surface area contributed by atoms with Crippen LogP contribution >= 0.6 is 0 Å². The third-order valence-corrected chi connectivity index (χ3v) is 2.92. The Labute approximate surface area is 105 Å². The molecule has 0 radical (unpaired) electrons. The van der Waals surface area contributed by atoms with Gasteiger partial charge in [-0.05, 0) is 24.3 Å². The molecule has 0 amide bonds. The van der Waals surface area contributed by atoms with Crippen molar-refractivity contribution in [3.63, 3.8) is 0 Å². The van der Waals surface area contributed by atoms with Gasteiger partial charge >= 0.3 is 0 Å². The molecule has 0 saturated carbocycles. The maximum absolute atomic E-state index is 9.39. The summed E-state index contributed by atoms with van der Waals surface area (Å²) in [6.07, 6.45) is 1.77. The zero-order chi connectivity index (χ0) is 12.4. The topological polar surface area (TPSA) is 50.9 Å². The highest BCUT2D eigenvalue weighted by atomic mass is 16.3. The van der Waals surface area contributed by atoms with Gasteiger partial charge in [0.2, 0.25) is 0 Å². The van der Waals surface area contributed by atoms with Gasteiger partial charge in [0.25, 0.3) is 0 Å². The van der Waals surface area contributed by atoms with Gasteiger partial charge in [0.15, 0.2) is 0 Å². The van der Waals surface area contributed by atoms with Crippen LogP contribution in [0.15, 0.2) is 48.7 Å². The Kier molecular flexibility index (Phi) is 2.78. The third kappa shape index (κ3) is 1.87. The highest BCUT2D eigenvalue weighted by Gasteiger charge is 2.09. The van der Waals surface area contributed by atoms with Crippen molar-refractivity contribution in [2.24, 2.45) is 0 Å². The van der Waals surface area contributed by atoms with Gasteiger partial charge in [-0.15, -0.1) is 0 Å². The molecule has 3 aromatic rings. The first-order valence-corrected chi connectivity index (χ1v) is 5.83. The average molecular weight is 239 g/mol. The van der Waals surface area contributed by atoms with E-state index in [2.05, 4.69) is 9.97 Å². The Balaban J connectivity index is 2.10. The maximum atomic E-state index is 9.39. The van der Waals surface area contributed by atoms with Gasteiger partial charge in [0.1, 0.15) is 12.4 Å². The molecule has 2 heterocycles. The van der Waals surface area contributed by atoms with Gasteiger partial charge in [0, 0.05) is 6.20 Å². The van der Waals surface area contributed by atoms with Crippen molar-refractivity contribution in [3.05, 3.63) is 60.2 Å². The molecule has 0 atom stereocenters. The van der Waals surface area contributed by atoms with E-state index >= 15 is 0 Å². The van der Waals surface area contributed by atoms with E-state index < -0.39 is 0 Å². The quantitative estimate of drug-likeness (QED) is 0.760. The Hall–Kier alpha value is -2.20. The van der Waals surface area contributed by atoms with Gasteiger partial charge in [-0.1, -0.05) is 18.2 Å². The average Bonchev–Trinajstić information content (AvgIpc) is 2.78. The molecular weight excluding hydrogens is 226 g/mol. The van der Waals surface area contributed by atoms with E-state index in [0.717, 1.165) is 16.7 Å². The Morgan fingerprint density at radius 2 is 1.89 bits per heavy atom. The predicted octanol–water partition coefficient (Wildman–Crippen LogP) is 1.97. The number of aliphatic hydroxyl groups excluding tert-OH is 1. The largest absolute Gasteiger partial charge is 0.388 e. The van der Waals surface area contributed by atoms with E-state index in [-0.39, 0.29) is 6.61 Å². The summed E-state index contributed by atoms with van der Waals surface area (Å²) in [6, 6.07) is 13.7. The van der Waals surface area contributed by atoms with Crippen LogP contribution in [0.3, 0.4) is 0 Å². The minimum Gasteiger partial charge on any atom is -0.388 e. The van der Waals surface area contributed by atoms with E-state index in [4.69, 9.17) is 0 Å². The number of aromatic nitrogens is 3. The standard InChI is InChI=1S/C14H13N3O/c18-10-14-16-12-6-1-2-7-13(12)17(14)9-11-5-3-4-8-15-11/h1-8,18H,9-10H2. The van der Waals surface area contributed by atoms with Crippen LogP contribution in [0.5, 0.6) is 0 Å². The molecule has 0 fully saturated rings. The van der Waals surface area contributed by atoms with Gasteiger partial charge in [-0.25, -0.2) is 4.98 Å². The first kappa shape index (κ1) is 10.9. The highest BCUT2D eigenvalue weighted by molar-refractivity contribution is 5.75. The van der Waals surface area contributed by atoms with Crippen molar-refractivity contribution in [2.75, 3.05) is 0 Å². The first-order chi connectivity index (χ1) is 8.88. The summed E-state index contributed by atoms with van der Waals surface area (Å²) in [5.41, 5.74) is 2.88. The smallest absolute Gasteiger partial charge is 0.136 e. The molecule has 0 aliphatic heterocycles. The minimum atomic E-state index is -0.0679. The van der Waals surface area contributed by atoms with Gasteiger partial charge in [-0.3, -0.25) is 4.98 Å². The number of rotatable bonds is 3. The monoisotopic (exact) mass is 239 g/mol. The number of nitrogens with zero attached hydrogens (tertiary/aromatic N) is 3. The third-order valence-electron chi connectivity index (χ3n) is 2.92. The lowest BCUT2D eigenvalue weighted by molar-refractivity contribution is 0.267. The maximum Gasteiger partial charge on any atom is 0.136 e. The number of imidazole rings is 1. The van der Waals surface area contributed by atoms with Crippen LogP contribution in [0.1, 0.15) is 11.5 Å². The normalized spacial score (nSPS) is 10.9. The second-order valence-electron chi connectivity index (χ2n) is 4.08. The van der Waals surface area contributed by atoms with Gasteiger partial charge in [-0.2, -0.15) is 0 Å². The van der Waals surface area contributed by atoms with Crippen LogP contribution in [0.4, 0.5) is 0 Å². The van der Waals surface area contributed by atoms with E-state index in [0.29, 0.717) is 12.4 Å². The Morgan fingerprint density at radius 1 is 1.06 bits per heavy atom. The van der Waals surface area contributed by atoms with Crippen LogP contribution in [0.25, 0.3) is 11.0 Å². The summed E-state index contributed by atoms with van der Waals surface area (Å²) in [7, 11) is 0. The summed E-state index contributed by atoms with van der Waals surface area (Å²) in [5.74, 6) is 0.668. The summed E-state index contributed by atoms with van der Waals surface area (Å²) in [4.78, 5) is 8.72. The lowest BCUT2D eigenvalue weighted by atomic mass is 10.3. The van der Waals surface area contributed by atoms with E-state index in [1.54, 1.807) is 6.20 Å². The van der Waals surface area contributed by atoms with E-state index in [1.165, 1.54) is 0 Å². The molecule has 2 aromatic heterocycles. The van der Waals surface area contributed by atoms with Crippen molar-refractivity contribution in [2.45, 2.75) is 13.2 Å². The van der Waals surface area contributed by atoms with Crippen molar-refractivity contribution >= 4 is 11.0 Å². The van der Waals surface area contributed by atoms with Gasteiger partial charge in [0.05, 0.1) is 23.3 Å². The Bertz CT molecular complexity index is 661. The molecule has 4 nitrogen and oxygen atoms in total. The fourth-order valence-electron chi connectivity index (χ4n) is 2.08. The van der Waals surface area contributed by atoms with Crippen LogP contribution in [-0.4, -0.2) is 19.6 Å². The molecule has 1 aromatic carbocycles. The lowest BCUT2D eigenvalue weighted by Crippen LogP contribution is -2.06. The fourth-order valence-corrected chi connectivity index (χ4v) is 2.08. The molecule has 0 spiro atoms. The second kappa shape index (κ2) is 4.58. The van der Waals surface area contributed by atoms with Crippen molar-refractivity contribution < 1.29 is 5.11 Å². The molecule has 18 heavy (non-hydrogen) atoms. The van der Waals surface area contributed by atoms with Crippen LogP contribution in [0.2, 0.25) is 0 Å². The number of pyridine rings is 1. The molecule has 0 aliphatic carbocycles. The summed E-state index contributed by atoms with van der Waals surface area (Å²) in [6.45, 7) is 0.554. The van der Waals surface area contributed by atoms with Crippen LogP contribution in [-0.2, 0) is 13.2 Å². The summed E-state index contributed by atoms with van der Waals surface area (Å²) in [5, 5.41) is 9.39. The van der Waals surface area contributed by atoms with Gasteiger partial charge < -0.3 is 9.67 Å². The van der Waals surface area contributed by atoms with Crippen molar-refractivity contribution in [1.82, 2.24) is 14.5 Å². The zero-order valence-electron chi connectivity index (χ0n) is 9.82. The fraction of sp³-hybridized carbons (Fsp3) is 0.143. The molecule has 0 aliphatic rings. The zero-order valence-corrected chi connectivity index (χ0v) is 9.82. The first-order valence-electron chi connectivity index (χ1n) is 5.83. The van der Waals surface area contributed by atoms with Crippen molar-refractivity contribution in [3.8, 4) is 0 Å². The molecule has 90 valence electrons. The number of hydrogen-bond acceptors (Lipinski definition) is 3. The second-order valence-corrected chi connectivity index (χ2v) is 4.08. The van der Waals surface area contributed by atoms with Crippen LogP contribution < -0.4 is 0 Å². The predicted molar refractivity (Wildman–Crippen MR) is 69.0 cm³/mol. The highest BCUT2D eigenvalue weighted by Crippen LogP contribution is 2.17. The molecular formula is C14H13N3O. The lowest BCUT2D eigenvalue weighted by Gasteiger charge is -2.06. The number of aliphatic hydroxyl groups is 1. The molecule has 0 bridgehead atoms. The molecule has 1 N–H and O–H groups in total. The summed E-state index contributed by atoms with van der Waals surface area (Å²) >= 11 is 0. The number of fused-ring (bicyclic) bond motifs is 1. The SMILES string of the molecule is OCc1nc2ccccc2n1Cc1ccccn1. The van der Waals surface area contributed by atoms with Crippen LogP contribution in [0, 0.1) is 0 Å². The molecule has 0 unspecified atom stereocenters. The molecule has 0 saturated heterocycles. The van der Waals surface area contributed by atoms with E-state index in [9.17, 15) is 5.11 Å². The minimum absolute atomic E-state index is 0.0679. The number of para-hydroxylation sites is 2. The van der Waals surface area contributed by atoms with Crippen molar-refractivity contribution in [1.29, 1.82) is 0 Å². The Morgan fingerprint density at radius 3 is 2.67 bits per heavy atom. The molecule has 3 rings (SSSR count). The number of hydrogen-bond donors (Lipinski definition) is 1. The summed E-state index contributed by atoms with van der Waals surface area (Å²) < 4.78 is 2.00. The number of benzene rings is 1. The molecule has 4 heteroatoms.